The molecule has 0 unspecified atom stereocenters. The summed E-state index contributed by atoms with van der Waals surface area (Å²) in [7, 11) is 0. The van der Waals surface area contributed by atoms with Crippen molar-refractivity contribution in [3.05, 3.63) is 35.7 Å². The lowest BCUT2D eigenvalue weighted by molar-refractivity contribution is 0.142. The molecular formula is C18H18FN5O2. The largest absolute Gasteiger partial charge is 0.442 e. The summed E-state index contributed by atoms with van der Waals surface area (Å²) in [5.74, 6) is -0.401. The average molecular weight is 355 g/mol. The standard InChI is InChI=1S/C18H18FN5O2/c19-16-9-14(24-11-15(10-22-12-21)26-18(24)25)1-2-17(16)23-7-4-13(3-6-20)5-8-23/h1-3,9,15,22H,4-5,7-8,10-11H2/t15-/m1/s1. The van der Waals surface area contributed by atoms with Crippen molar-refractivity contribution in [1.82, 2.24) is 5.32 Å². The summed E-state index contributed by atoms with van der Waals surface area (Å²) in [6.45, 7) is 1.79. The number of allylic oxidation sites excluding steroid dienone is 1. The molecule has 7 nitrogen and oxygen atoms in total. The van der Waals surface area contributed by atoms with E-state index in [1.54, 1.807) is 24.4 Å². The minimum absolute atomic E-state index is 0.228. The molecular weight excluding hydrogens is 337 g/mol. The molecule has 134 valence electrons. The Bertz CT molecular complexity index is 801. The van der Waals surface area contributed by atoms with Gasteiger partial charge in [0.25, 0.3) is 0 Å². The van der Waals surface area contributed by atoms with E-state index in [1.165, 1.54) is 11.0 Å². The van der Waals surface area contributed by atoms with Crippen LogP contribution >= 0.6 is 0 Å². The Hall–Kier alpha value is -3.26. The molecule has 3 rings (SSSR count). The predicted molar refractivity (Wildman–Crippen MR) is 92.8 cm³/mol. The van der Waals surface area contributed by atoms with Gasteiger partial charge in [0.1, 0.15) is 11.9 Å². The summed E-state index contributed by atoms with van der Waals surface area (Å²) in [5, 5.41) is 19.7. The van der Waals surface area contributed by atoms with Crippen LogP contribution in [0, 0.1) is 28.6 Å². The third-order valence-electron chi connectivity index (χ3n) is 4.54. The number of nitrogens with zero attached hydrogens (tertiary/aromatic N) is 4. The van der Waals surface area contributed by atoms with Gasteiger partial charge in [0, 0.05) is 19.2 Å². The molecule has 0 aliphatic carbocycles. The number of nitriles is 2. The number of carbonyl (C=O) groups is 1. The first-order valence-corrected chi connectivity index (χ1v) is 8.34. The van der Waals surface area contributed by atoms with Crippen LogP contribution in [0.25, 0.3) is 0 Å². The van der Waals surface area contributed by atoms with Crippen LogP contribution < -0.4 is 15.1 Å². The van der Waals surface area contributed by atoms with Crippen LogP contribution in [0.4, 0.5) is 20.6 Å². The van der Waals surface area contributed by atoms with Crippen LogP contribution in [0.2, 0.25) is 0 Å². The van der Waals surface area contributed by atoms with Gasteiger partial charge in [-0.3, -0.25) is 4.90 Å². The Balaban J connectivity index is 1.69. The zero-order chi connectivity index (χ0) is 18.5. The van der Waals surface area contributed by atoms with Crippen LogP contribution in [-0.4, -0.2) is 38.4 Å². The molecule has 2 aliphatic rings. The van der Waals surface area contributed by atoms with E-state index in [1.807, 2.05) is 11.0 Å². The summed E-state index contributed by atoms with van der Waals surface area (Å²) < 4.78 is 19.8. The van der Waals surface area contributed by atoms with Crippen LogP contribution in [0.5, 0.6) is 0 Å². The van der Waals surface area contributed by atoms with Crippen LogP contribution in [-0.2, 0) is 4.74 Å². The third-order valence-corrected chi connectivity index (χ3v) is 4.54. The minimum Gasteiger partial charge on any atom is -0.442 e. The molecule has 1 N–H and O–H groups in total. The lowest BCUT2D eigenvalue weighted by atomic mass is 10.0. The van der Waals surface area contributed by atoms with E-state index >= 15 is 0 Å². The van der Waals surface area contributed by atoms with Gasteiger partial charge in [-0.1, -0.05) is 5.57 Å². The lowest BCUT2D eigenvalue weighted by Gasteiger charge is -2.30. The van der Waals surface area contributed by atoms with E-state index in [2.05, 4.69) is 5.32 Å². The number of cyclic esters (lactones) is 1. The maximum Gasteiger partial charge on any atom is 0.414 e. The van der Waals surface area contributed by atoms with Crippen molar-refractivity contribution in [2.45, 2.75) is 18.9 Å². The summed E-state index contributed by atoms with van der Waals surface area (Å²) in [6.07, 6.45) is 3.82. The van der Waals surface area contributed by atoms with Crippen molar-refractivity contribution < 1.29 is 13.9 Å². The number of hydrogen-bond donors (Lipinski definition) is 1. The fourth-order valence-electron chi connectivity index (χ4n) is 3.19. The molecule has 2 fully saturated rings. The van der Waals surface area contributed by atoms with Crippen molar-refractivity contribution in [1.29, 1.82) is 10.5 Å². The van der Waals surface area contributed by atoms with Crippen molar-refractivity contribution in [3.8, 4) is 12.3 Å². The molecule has 2 saturated heterocycles. The second-order valence-electron chi connectivity index (χ2n) is 6.16. The summed E-state index contributed by atoms with van der Waals surface area (Å²) >= 11 is 0. The fourth-order valence-corrected chi connectivity index (χ4v) is 3.19. The lowest BCUT2D eigenvalue weighted by Crippen LogP contribution is -2.31. The van der Waals surface area contributed by atoms with E-state index in [0.717, 1.165) is 18.4 Å². The maximum atomic E-state index is 14.6. The molecule has 8 heteroatoms. The first kappa shape index (κ1) is 17.6. The summed E-state index contributed by atoms with van der Waals surface area (Å²) in [5.41, 5.74) is 2.00. The zero-order valence-corrected chi connectivity index (χ0v) is 14.1. The van der Waals surface area contributed by atoms with Crippen molar-refractivity contribution in [2.75, 3.05) is 36.0 Å². The van der Waals surface area contributed by atoms with E-state index in [0.29, 0.717) is 24.5 Å². The second-order valence-corrected chi connectivity index (χ2v) is 6.16. The van der Waals surface area contributed by atoms with Gasteiger partial charge in [0.05, 0.1) is 30.5 Å². The molecule has 26 heavy (non-hydrogen) atoms. The Morgan fingerprint density at radius 3 is 2.77 bits per heavy atom. The average Bonchev–Trinajstić information content (AvgIpc) is 3.02. The van der Waals surface area contributed by atoms with Crippen LogP contribution in [0.15, 0.2) is 29.8 Å². The Kier molecular flexibility index (Phi) is 5.23. The van der Waals surface area contributed by atoms with Crippen LogP contribution in [0.3, 0.4) is 0 Å². The molecule has 2 aliphatic heterocycles. The smallest absolute Gasteiger partial charge is 0.414 e. The molecule has 0 radical (unpaired) electrons. The normalized spacial score (nSPS) is 19.6. The van der Waals surface area contributed by atoms with E-state index in [9.17, 15) is 9.18 Å². The molecule has 0 bridgehead atoms. The van der Waals surface area contributed by atoms with Crippen LogP contribution in [0.1, 0.15) is 12.8 Å². The molecule has 2 heterocycles. The number of benzene rings is 1. The predicted octanol–water partition coefficient (Wildman–Crippen LogP) is 2.27. The highest BCUT2D eigenvalue weighted by molar-refractivity contribution is 5.90. The number of ether oxygens (including phenoxy) is 1. The second kappa shape index (κ2) is 7.75. The molecule has 0 aromatic heterocycles. The van der Waals surface area contributed by atoms with Gasteiger partial charge >= 0.3 is 6.09 Å². The summed E-state index contributed by atoms with van der Waals surface area (Å²) in [6, 6.07) is 6.73. The quantitative estimate of drug-likeness (QED) is 0.506. The van der Waals surface area contributed by atoms with E-state index in [-0.39, 0.29) is 13.1 Å². The number of carbonyl (C=O) groups excluding carboxylic acids is 1. The minimum atomic E-state index is -0.550. The molecule has 1 atom stereocenters. The van der Waals surface area contributed by atoms with E-state index in [4.69, 9.17) is 15.3 Å². The topological polar surface area (TPSA) is 92.4 Å². The maximum absolute atomic E-state index is 14.6. The van der Waals surface area contributed by atoms with Crippen molar-refractivity contribution >= 4 is 17.5 Å². The van der Waals surface area contributed by atoms with Crippen molar-refractivity contribution in [3.63, 3.8) is 0 Å². The Labute approximate surface area is 150 Å². The third kappa shape index (κ3) is 3.70. The first-order valence-electron chi connectivity index (χ1n) is 8.34. The number of anilines is 2. The number of halogens is 1. The van der Waals surface area contributed by atoms with Gasteiger partial charge in [-0.25, -0.2) is 9.18 Å². The van der Waals surface area contributed by atoms with Gasteiger partial charge in [0.15, 0.2) is 6.19 Å². The number of piperidine rings is 1. The number of hydrogen-bond acceptors (Lipinski definition) is 6. The number of rotatable bonds is 4. The number of amides is 1. The highest BCUT2D eigenvalue weighted by Gasteiger charge is 2.32. The monoisotopic (exact) mass is 355 g/mol. The number of nitrogens with one attached hydrogen (secondary N) is 1. The van der Waals surface area contributed by atoms with Crippen molar-refractivity contribution in [2.24, 2.45) is 0 Å². The zero-order valence-electron chi connectivity index (χ0n) is 14.1. The first-order chi connectivity index (χ1) is 12.6. The molecule has 1 aromatic rings. The van der Waals surface area contributed by atoms with Gasteiger partial charge in [-0.05, 0) is 31.0 Å². The molecule has 0 saturated carbocycles. The summed E-state index contributed by atoms with van der Waals surface area (Å²) in [4.78, 5) is 15.3. The Morgan fingerprint density at radius 1 is 1.35 bits per heavy atom. The SMILES string of the molecule is N#CC=C1CCN(c2ccc(N3C[C@@H](CNC#N)OC3=O)cc2F)CC1. The highest BCUT2D eigenvalue weighted by atomic mass is 19.1. The van der Waals surface area contributed by atoms with E-state index < -0.39 is 18.0 Å². The Morgan fingerprint density at radius 2 is 2.12 bits per heavy atom. The molecule has 1 amide bonds. The molecule has 0 spiro atoms. The highest BCUT2D eigenvalue weighted by Crippen LogP contribution is 2.30. The fraction of sp³-hybridized carbons (Fsp3) is 0.389. The van der Waals surface area contributed by atoms with Gasteiger partial charge in [0.2, 0.25) is 0 Å². The van der Waals surface area contributed by atoms with Gasteiger partial charge in [-0.2, -0.15) is 10.5 Å². The van der Waals surface area contributed by atoms with Gasteiger partial charge < -0.3 is 15.0 Å². The molecule has 1 aromatic carbocycles. The van der Waals surface area contributed by atoms with Gasteiger partial charge in [-0.15, -0.1) is 0 Å².